The summed E-state index contributed by atoms with van der Waals surface area (Å²) in [6.45, 7) is 5.81. The van der Waals surface area contributed by atoms with Gasteiger partial charge >= 0.3 is 0 Å². The first-order chi connectivity index (χ1) is 9.61. The lowest BCUT2D eigenvalue weighted by Gasteiger charge is -2.35. The van der Waals surface area contributed by atoms with E-state index in [1.807, 2.05) is 12.4 Å². The molecule has 0 aromatic carbocycles. The molecular formula is C14H18ClN3OS. The quantitative estimate of drug-likeness (QED) is 0.800. The van der Waals surface area contributed by atoms with Crippen LogP contribution in [0.1, 0.15) is 19.4 Å². The number of halogens is 1. The molecule has 1 unspecified atom stereocenters. The Morgan fingerprint density at radius 2 is 2.35 bits per heavy atom. The van der Waals surface area contributed by atoms with E-state index >= 15 is 0 Å². The van der Waals surface area contributed by atoms with Gasteiger partial charge in [-0.15, -0.1) is 0 Å². The molecule has 1 saturated heterocycles. The van der Waals surface area contributed by atoms with Gasteiger partial charge in [0.2, 0.25) is 0 Å². The van der Waals surface area contributed by atoms with Crippen molar-refractivity contribution in [2.45, 2.75) is 25.5 Å². The number of hydrogen-bond acceptors (Lipinski definition) is 3. The zero-order valence-corrected chi connectivity index (χ0v) is 13.2. The Morgan fingerprint density at radius 1 is 1.55 bits per heavy atom. The number of imidazole rings is 1. The van der Waals surface area contributed by atoms with Gasteiger partial charge in [0.15, 0.2) is 0 Å². The smallest absolute Gasteiger partial charge is 0.130 e. The van der Waals surface area contributed by atoms with Crippen LogP contribution < -0.4 is 4.90 Å². The Labute approximate surface area is 126 Å². The molecule has 1 aliphatic heterocycles. The Hall–Kier alpha value is -0.910. The van der Waals surface area contributed by atoms with E-state index in [9.17, 15) is 4.55 Å². The van der Waals surface area contributed by atoms with Crippen molar-refractivity contribution in [1.29, 1.82) is 0 Å². The van der Waals surface area contributed by atoms with Gasteiger partial charge in [-0.2, -0.15) is 0 Å². The standard InChI is InChI=1S/C14H18ClN3OS/c1-3-11-6-12(15)13-7-16-9-18(13)14(11)17-4-5-20(19)10(2)8-17/h6-7,9-10H,3-5,8H2,1-2H3/t10-,20?/m0/s1. The van der Waals surface area contributed by atoms with Crippen molar-refractivity contribution in [2.24, 2.45) is 0 Å². The first-order valence-electron chi connectivity index (χ1n) is 6.87. The zero-order chi connectivity index (χ0) is 14.3. The predicted molar refractivity (Wildman–Crippen MR) is 84.3 cm³/mol. The van der Waals surface area contributed by atoms with Gasteiger partial charge in [-0.1, -0.05) is 18.5 Å². The molecule has 108 valence electrons. The minimum atomic E-state index is -0.709. The summed E-state index contributed by atoms with van der Waals surface area (Å²) in [6, 6.07) is 2.03. The van der Waals surface area contributed by atoms with E-state index in [4.69, 9.17) is 11.6 Å². The number of nitrogens with zero attached hydrogens (tertiary/aromatic N) is 3. The van der Waals surface area contributed by atoms with Crippen LogP contribution in [-0.2, 0) is 17.6 Å². The van der Waals surface area contributed by atoms with E-state index in [0.29, 0.717) is 0 Å². The molecule has 0 bridgehead atoms. The summed E-state index contributed by atoms with van der Waals surface area (Å²) in [4.78, 5) is 6.53. The van der Waals surface area contributed by atoms with Gasteiger partial charge in [0.1, 0.15) is 23.1 Å². The van der Waals surface area contributed by atoms with Crippen molar-refractivity contribution in [3.8, 4) is 0 Å². The molecule has 0 saturated carbocycles. The van der Waals surface area contributed by atoms with Gasteiger partial charge in [0.25, 0.3) is 0 Å². The van der Waals surface area contributed by atoms with Crippen LogP contribution in [0.5, 0.6) is 0 Å². The Balaban J connectivity index is 2.10. The van der Waals surface area contributed by atoms with Crippen molar-refractivity contribution in [3.63, 3.8) is 0 Å². The monoisotopic (exact) mass is 311 g/mol. The maximum atomic E-state index is 11.8. The highest BCUT2D eigenvalue weighted by Crippen LogP contribution is 2.30. The maximum Gasteiger partial charge on any atom is 0.130 e. The largest absolute Gasteiger partial charge is 0.616 e. The topological polar surface area (TPSA) is 43.6 Å². The van der Waals surface area contributed by atoms with Crippen LogP contribution in [0.15, 0.2) is 18.6 Å². The molecule has 0 radical (unpaired) electrons. The second-order valence-electron chi connectivity index (χ2n) is 5.19. The highest BCUT2D eigenvalue weighted by molar-refractivity contribution is 7.92. The fourth-order valence-corrected chi connectivity index (χ4v) is 4.20. The first-order valence-corrected chi connectivity index (χ1v) is 8.63. The minimum absolute atomic E-state index is 0.197. The number of anilines is 1. The SMILES string of the molecule is CCc1cc(Cl)c2cncn2c1N1CC[S+]([O-])[C@@H](C)C1. The average molecular weight is 312 g/mol. The number of aromatic nitrogens is 2. The van der Waals surface area contributed by atoms with Crippen LogP contribution >= 0.6 is 11.6 Å². The van der Waals surface area contributed by atoms with Crippen molar-refractivity contribution >= 4 is 34.1 Å². The molecule has 2 atom stereocenters. The highest BCUT2D eigenvalue weighted by Gasteiger charge is 2.29. The van der Waals surface area contributed by atoms with E-state index in [2.05, 4.69) is 28.1 Å². The second-order valence-corrected chi connectivity index (χ2v) is 7.57. The van der Waals surface area contributed by atoms with Gasteiger partial charge in [0.05, 0.1) is 29.8 Å². The molecule has 2 aromatic rings. The number of hydrogen-bond donors (Lipinski definition) is 0. The summed E-state index contributed by atoms with van der Waals surface area (Å²) in [6.07, 6.45) is 4.51. The molecule has 3 heterocycles. The molecule has 1 aliphatic rings. The molecule has 0 N–H and O–H groups in total. The predicted octanol–water partition coefficient (Wildman–Crippen LogP) is 2.51. The van der Waals surface area contributed by atoms with Crippen molar-refractivity contribution in [1.82, 2.24) is 9.38 Å². The third-order valence-electron chi connectivity index (χ3n) is 3.87. The lowest BCUT2D eigenvalue weighted by Crippen LogP contribution is -2.46. The minimum Gasteiger partial charge on any atom is -0.616 e. The van der Waals surface area contributed by atoms with Crippen LogP contribution in [0.3, 0.4) is 0 Å². The molecule has 1 fully saturated rings. The summed E-state index contributed by atoms with van der Waals surface area (Å²) in [5, 5.41) is 0.930. The summed E-state index contributed by atoms with van der Waals surface area (Å²) in [5.41, 5.74) is 2.14. The van der Waals surface area contributed by atoms with E-state index in [1.165, 1.54) is 5.56 Å². The number of aryl methyl sites for hydroxylation is 1. The summed E-state index contributed by atoms with van der Waals surface area (Å²) >= 11 is 5.61. The molecule has 0 spiro atoms. The molecule has 3 rings (SSSR count). The third-order valence-corrected chi connectivity index (χ3v) is 5.80. The maximum absolute atomic E-state index is 11.8. The van der Waals surface area contributed by atoms with Crippen molar-refractivity contribution in [2.75, 3.05) is 23.7 Å². The molecular weight excluding hydrogens is 294 g/mol. The lowest BCUT2D eigenvalue weighted by molar-refractivity contribution is 0.567. The van der Waals surface area contributed by atoms with E-state index in [1.54, 1.807) is 6.20 Å². The van der Waals surface area contributed by atoms with Crippen LogP contribution in [0, 0.1) is 0 Å². The van der Waals surface area contributed by atoms with Gasteiger partial charge in [-0.25, -0.2) is 4.98 Å². The second kappa shape index (κ2) is 5.47. The van der Waals surface area contributed by atoms with Crippen LogP contribution in [0.2, 0.25) is 5.02 Å². The fourth-order valence-electron chi connectivity index (χ4n) is 2.78. The molecule has 2 aromatic heterocycles. The summed E-state index contributed by atoms with van der Waals surface area (Å²) in [5.74, 6) is 1.87. The van der Waals surface area contributed by atoms with E-state index in [0.717, 1.165) is 41.6 Å². The average Bonchev–Trinajstić information content (AvgIpc) is 2.91. The van der Waals surface area contributed by atoms with Gasteiger partial charge in [-0.3, -0.25) is 4.40 Å². The first kappa shape index (κ1) is 14.0. The van der Waals surface area contributed by atoms with Gasteiger partial charge in [-0.05, 0) is 36.2 Å². The summed E-state index contributed by atoms with van der Waals surface area (Å²) < 4.78 is 13.9. The van der Waals surface area contributed by atoms with E-state index < -0.39 is 11.2 Å². The zero-order valence-electron chi connectivity index (χ0n) is 11.7. The molecule has 20 heavy (non-hydrogen) atoms. The van der Waals surface area contributed by atoms with Crippen LogP contribution in [0.4, 0.5) is 5.82 Å². The van der Waals surface area contributed by atoms with Crippen molar-refractivity contribution < 1.29 is 4.55 Å². The van der Waals surface area contributed by atoms with Crippen LogP contribution in [-0.4, -0.2) is 38.0 Å². The fraction of sp³-hybridized carbons (Fsp3) is 0.500. The van der Waals surface area contributed by atoms with E-state index in [-0.39, 0.29) is 5.25 Å². The van der Waals surface area contributed by atoms with Crippen molar-refractivity contribution in [3.05, 3.63) is 29.2 Å². The normalized spacial score (nSPS) is 23.5. The molecule has 0 amide bonds. The Bertz CT molecular complexity index is 630. The van der Waals surface area contributed by atoms with Gasteiger partial charge in [0, 0.05) is 0 Å². The molecule has 6 heteroatoms. The number of pyridine rings is 1. The molecule has 4 nitrogen and oxygen atoms in total. The summed E-state index contributed by atoms with van der Waals surface area (Å²) in [7, 11) is 0. The highest BCUT2D eigenvalue weighted by atomic mass is 35.5. The Morgan fingerprint density at radius 3 is 3.05 bits per heavy atom. The third kappa shape index (κ3) is 2.28. The van der Waals surface area contributed by atoms with Gasteiger partial charge < -0.3 is 9.45 Å². The Kier molecular flexibility index (Phi) is 3.84. The number of fused-ring (bicyclic) bond motifs is 1. The lowest BCUT2D eigenvalue weighted by atomic mass is 10.1. The molecule has 0 aliphatic carbocycles. The number of rotatable bonds is 2. The van der Waals surface area contributed by atoms with Crippen LogP contribution in [0.25, 0.3) is 5.52 Å².